The molecule has 0 aliphatic rings. The number of hydrogen-bond acceptors (Lipinski definition) is 4. The van der Waals surface area contributed by atoms with E-state index in [4.69, 9.17) is 4.74 Å². The average Bonchev–Trinajstić information content (AvgIpc) is 3.01. The Morgan fingerprint density at radius 2 is 2.00 bits per heavy atom. The van der Waals surface area contributed by atoms with Gasteiger partial charge < -0.3 is 9.30 Å². The molecule has 0 saturated heterocycles. The first-order chi connectivity index (χ1) is 13.5. The van der Waals surface area contributed by atoms with Gasteiger partial charge in [0.15, 0.2) is 4.80 Å². The predicted octanol–water partition coefficient (Wildman–Crippen LogP) is 4.75. The van der Waals surface area contributed by atoms with Crippen molar-refractivity contribution in [2.45, 2.75) is 38.6 Å². The van der Waals surface area contributed by atoms with E-state index in [9.17, 15) is 4.79 Å². The summed E-state index contributed by atoms with van der Waals surface area (Å²) >= 11 is 3.28. The molecule has 0 spiro atoms. The maximum atomic E-state index is 12.7. The zero-order valence-electron chi connectivity index (χ0n) is 16.8. The van der Waals surface area contributed by atoms with Crippen molar-refractivity contribution in [3.8, 4) is 0 Å². The zero-order valence-corrected chi connectivity index (χ0v) is 18.5. The smallest absolute Gasteiger partial charge is 0.252 e. The highest BCUT2D eigenvalue weighted by Crippen LogP contribution is 2.24. The lowest BCUT2D eigenvalue weighted by molar-refractivity contribution is -0.117. The zero-order chi connectivity index (χ0) is 20.1. The molecule has 1 aromatic heterocycles. The van der Waals surface area contributed by atoms with Gasteiger partial charge in [0, 0.05) is 18.0 Å². The second-order valence-corrected chi connectivity index (χ2v) is 8.56. The molecule has 1 amide bonds. The Kier molecular flexibility index (Phi) is 7.10. The minimum atomic E-state index is -0.120. The van der Waals surface area contributed by atoms with E-state index in [2.05, 4.69) is 60.0 Å². The van der Waals surface area contributed by atoms with Crippen LogP contribution in [0.3, 0.4) is 0 Å². The first kappa shape index (κ1) is 20.8. The SMILES string of the molecule is CCOCCn1c(=NC(=O)Cc2ccc(C)c(C)c2)sc2cc(SC)ccc21. The van der Waals surface area contributed by atoms with Crippen molar-refractivity contribution in [1.29, 1.82) is 0 Å². The van der Waals surface area contributed by atoms with Crippen LogP contribution in [0, 0.1) is 13.8 Å². The van der Waals surface area contributed by atoms with Gasteiger partial charge in [0.05, 0.1) is 23.2 Å². The standard InChI is InChI=1S/C22H26N2O2S2/c1-5-26-11-10-24-19-9-8-18(27-4)14-20(19)28-22(24)23-21(25)13-17-7-6-15(2)16(3)12-17/h6-9,12,14H,5,10-11,13H2,1-4H3. The molecule has 4 nitrogen and oxygen atoms in total. The number of fused-ring (bicyclic) bond motifs is 1. The fraction of sp³-hybridized carbons (Fsp3) is 0.364. The minimum absolute atomic E-state index is 0.120. The molecule has 2 aromatic carbocycles. The number of amides is 1. The monoisotopic (exact) mass is 414 g/mol. The lowest BCUT2D eigenvalue weighted by atomic mass is 10.0. The molecule has 0 aliphatic carbocycles. The van der Waals surface area contributed by atoms with Gasteiger partial charge in [-0.05, 0) is 61.9 Å². The van der Waals surface area contributed by atoms with Gasteiger partial charge >= 0.3 is 0 Å². The van der Waals surface area contributed by atoms with E-state index in [1.54, 1.807) is 23.1 Å². The van der Waals surface area contributed by atoms with Gasteiger partial charge in [-0.15, -0.1) is 11.8 Å². The van der Waals surface area contributed by atoms with Gasteiger partial charge in [-0.2, -0.15) is 4.99 Å². The minimum Gasteiger partial charge on any atom is -0.380 e. The molecule has 28 heavy (non-hydrogen) atoms. The van der Waals surface area contributed by atoms with E-state index in [0.717, 1.165) is 20.6 Å². The highest BCUT2D eigenvalue weighted by Gasteiger charge is 2.10. The second-order valence-electron chi connectivity index (χ2n) is 6.67. The normalized spacial score (nSPS) is 12.1. The quantitative estimate of drug-likeness (QED) is 0.414. The van der Waals surface area contributed by atoms with Gasteiger partial charge in [0.25, 0.3) is 5.91 Å². The lowest BCUT2D eigenvalue weighted by Crippen LogP contribution is -2.20. The molecule has 0 atom stereocenters. The summed E-state index contributed by atoms with van der Waals surface area (Å²) in [6, 6.07) is 12.5. The number of carbonyl (C=O) groups excluding carboxylic acids is 1. The number of aryl methyl sites for hydroxylation is 2. The highest BCUT2D eigenvalue weighted by molar-refractivity contribution is 7.98. The van der Waals surface area contributed by atoms with Gasteiger partial charge in [-0.3, -0.25) is 4.79 Å². The molecule has 0 unspecified atom stereocenters. The van der Waals surface area contributed by atoms with Crippen LogP contribution in [0.1, 0.15) is 23.6 Å². The highest BCUT2D eigenvalue weighted by atomic mass is 32.2. The number of thiazole rings is 1. The van der Waals surface area contributed by atoms with Gasteiger partial charge in [0.1, 0.15) is 0 Å². The molecule has 0 fully saturated rings. The number of thioether (sulfide) groups is 1. The van der Waals surface area contributed by atoms with Crippen LogP contribution in [-0.4, -0.2) is 29.9 Å². The lowest BCUT2D eigenvalue weighted by Gasteiger charge is -2.06. The van der Waals surface area contributed by atoms with E-state index in [1.165, 1.54) is 16.0 Å². The van der Waals surface area contributed by atoms with E-state index < -0.39 is 0 Å². The van der Waals surface area contributed by atoms with Crippen molar-refractivity contribution in [2.24, 2.45) is 4.99 Å². The molecular weight excluding hydrogens is 388 g/mol. The van der Waals surface area contributed by atoms with Crippen LogP contribution in [-0.2, 0) is 22.5 Å². The fourth-order valence-electron chi connectivity index (χ4n) is 3.02. The van der Waals surface area contributed by atoms with Gasteiger partial charge in [0.2, 0.25) is 0 Å². The second kappa shape index (κ2) is 9.54. The third-order valence-electron chi connectivity index (χ3n) is 4.70. The average molecular weight is 415 g/mol. The Bertz CT molecular complexity index is 1050. The fourth-order valence-corrected chi connectivity index (χ4v) is 4.64. The Balaban J connectivity index is 1.95. The predicted molar refractivity (Wildman–Crippen MR) is 118 cm³/mol. The number of nitrogens with zero attached hydrogens (tertiary/aromatic N) is 2. The summed E-state index contributed by atoms with van der Waals surface area (Å²) in [6.45, 7) is 8.09. The largest absolute Gasteiger partial charge is 0.380 e. The molecule has 0 N–H and O–H groups in total. The molecule has 0 radical (unpaired) electrons. The van der Waals surface area contributed by atoms with E-state index >= 15 is 0 Å². The Labute approximate surface area is 174 Å². The van der Waals surface area contributed by atoms with Gasteiger partial charge in [-0.25, -0.2) is 0 Å². The molecule has 6 heteroatoms. The third kappa shape index (κ3) is 4.93. The molecule has 3 rings (SSSR count). The number of hydrogen-bond donors (Lipinski definition) is 0. The van der Waals surface area contributed by atoms with E-state index in [0.29, 0.717) is 26.2 Å². The summed E-state index contributed by atoms with van der Waals surface area (Å²) < 4.78 is 8.77. The molecule has 0 aliphatic heterocycles. The van der Waals surface area contributed by atoms with E-state index in [1.807, 2.05) is 13.0 Å². The summed E-state index contributed by atoms with van der Waals surface area (Å²) in [5.74, 6) is -0.120. The number of benzene rings is 2. The van der Waals surface area contributed by atoms with Crippen molar-refractivity contribution in [3.63, 3.8) is 0 Å². The van der Waals surface area contributed by atoms with Crippen molar-refractivity contribution in [1.82, 2.24) is 4.57 Å². The maximum absolute atomic E-state index is 12.7. The number of carbonyl (C=O) groups is 1. The van der Waals surface area contributed by atoms with Crippen molar-refractivity contribution in [2.75, 3.05) is 19.5 Å². The number of rotatable bonds is 7. The molecule has 0 bridgehead atoms. The third-order valence-corrected chi connectivity index (χ3v) is 6.47. The molecule has 1 heterocycles. The van der Waals surface area contributed by atoms with Crippen molar-refractivity contribution in [3.05, 3.63) is 57.9 Å². The van der Waals surface area contributed by atoms with Gasteiger partial charge in [-0.1, -0.05) is 29.5 Å². The first-order valence-corrected chi connectivity index (χ1v) is 11.4. The van der Waals surface area contributed by atoms with Crippen molar-refractivity contribution >= 4 is 39.2 Å². The van der Waals surface area contributed by atoms with Crippen LogP contribution in [0.4, 0.5) is 0 Å². The Hall–Kier alpha value is -1.89. The maximum Gasteiger partial charge on any atom is 0.252 e. The van der Waals surface area contributed by atoms with E-state index in [-0.39, 0.29) is 5.91 Å². The summed E-state index contributed by atoms with van der Waals surface area (Å²) in [6.07, 6.45) is 2.38. The van der Waals surface area contributed by atoms with Crippen LogP contribution in [0.25, 0.3) is 10.2 Å². The van der Waals surface area contributed by atoms with Crippen LogP contribution in [0.2, 0.25) is 0 Å². The first-order valence-electron chi connectivity index (χ1n) is 9.40. The molecular formula is C22H26N2O2S2. The topological polar surface area (TPSA) is 43.6 Å². The number of ether oxygens (including phenoxy) is 1. The number of aromatic nitrogens is 1. The summed E-state index contributed by atoms with van der Waals surface area (Å²) in [5.41, 5.74) is 4.53. The summed E-state index contributed by atoms with van der Waals surface area (Å²) in [4.78, 5) is 19.1. The Morgan fingerprint density at radius 3 is 2.71 bits per heavy atom. The van der Waals surface area contributed by atoms with Crippen LogP contribution in [0.5, 0.6) is 0 Å². The van der Waals surface area contributed by atoms with Crippen LogP contribution >= 0.6 is 23.1 Å². The molecule has 3 aromatic rings. The summed E-state index contributed by atoms with van der Waals surface area (Å²) in [5, 5.41) is 0. The van der Waals surface area contributed by atoms with Crippen molar-refractivity contribution < 1.29 is 9.53 Å². The summed E-state index contributed by atoms with van der Waals surface area (Å²) in [7, 11) is 0. The molecule has 148 valence electrons. The van der Waals surface area contributed by atoms with Crippen LogP contribution in [0.15, 0.2) is 46.3 Å². The van der Waals surface area contributed by atoms with Crippen LogP contribution < -0.4 is 4.80 Å². The molecule has 0 saturated carbocycles. The Morgan fingerprint density at radius 1 is 1.18 bits per heavy atom.